The Balaban J connectivity index is 2.08. The van der Waals surface area contributed by atoms with Gasteiger partial charge in [0, 0.05) is 13.1 Å². The predicted octanol–water partition coefficient (Wildman–Crippen LogP) is 3.37. The van der Waals surface area contributed by atoms with Crippen LogP contribution in [0.5, 0.6) is 0 Å². The number of carbonyl (C=O) groups excluding carboxylic acids is 1. The van der Waals surface area contributed by atoms with Crippen LogP contribution < -0.4 is 0 Å². The molecule has 0 saturated carbocycles. The van der Waals surface area contributed by atoms with E-state index in [0.29, 0.717) is 12.8 Å². The average Bonchev–Trinajstić information content (AvgIpc) is 3.22. The van der Waals surface area contributed by atoms with E-state index in [-0.39, 0.29) is 11.7 Å². The fourth-order valence-electron chi connectivity index (χ4n) is 3.20. The molecule has 0 unspecified atom stereocenters. The Hall–Kier alpha value is -2.17. The lowest BCUT2D eigenvalue weighted by Crippen LogP contribution is -2.29. The molecule has 0 radical (unpaired) electrons. The summed E-state index contributed by atoms with van der Waals surface area (Å²) in [6.07, 6.45) is 3.55. The van der Waals surface area contributed by atoms with Crippen molar-refractivity contribution in [2.24, 2.45) is 0 Å². The lowest BCUT2D eigenvalue weighted by Gasteiger charge is -2.16. The number of carbonyl (C=O) groups is 1. The molecule has 1 fully saturated rings. The van der Waals surface area contributed by atoms with Crippen molar-refractivity contribution in [3.8, 4) is 5.69 Å². The second-order valence-corrected chi connectivity index (χ2v) is 5.86. The zero-order valence-corrected chi connectivity index (χ0v) is 13.7. The maximum Gasteiger partial charge on any atom is 0.257 e. The van der Waals surface area contributed by atoms with E-state index in [1.807, 2.05) is 18.7 Å². The van der Waals surface area contributed by atoms with Gasteiger partial charge in [-0.1, -0.05) is 13.8 Å². The van der Waals surface area contributed by atoms with E-state index in [0.717, 1.165) is 48.6 Å². The first-order valence-electron chi connectivity index (χ1n) is 8.31. The van der Waals surface area contributed by atoms with Gasteiger partial charge in [-0.3, -0.25) is 4.79 Å². The van der Waals surface area contributed by atoms with Crippen molar-refractivity contribution >= 4 is 5.91 Å². The van der Waals surface area contributed by atoms with Gasteiger partial charge in [0.15, 0.2) is 0 Å². The second-order valence-electron chi connectivity index (χ2n) is 5.86. The first-order chi connectivity index (χ1) is 11.2. The van der Waals surface area contributed by atoms with Crippen molar-refractivity contribution in [3.05, 3.63) is 47.0 Å². The molecule has 2 aromatic rings. The van der Waals surface area contributed by atoms with E-state index in [1.165, 1.54) is 12.1 Å². The van der Waals surface area contributed by atoms with Crippen molar-refractivity contribution < 1.29 is 9.18 Å². The molecule has 0 aliphatic carbocycles. The number of hydrogen-bond acceptors (Lipinski definition) is 2. The Labute approximate surface area is 135 Å². The molecule has 3 rings (SSSR count). The third-order valence-electron chi connectivity index (χ3n) is 4.40. The largest absolute Gasteiger partial charge is 0.339 e. The maximum absolute atomic E-state index is 13.2. The minimum Gasteiger partial charge on any atom is -0.339 e. The van der Waals surface area contributed by atoms with E-state index >= 15 is 0 Å². The van der Waals surface area contributed by atoms with Crippen molar-refractivity contribution in [1.82, 2.24) is 14.7 Å². The smallest absolute Gasteiger partial charge is 0.257 e. The van der Waals surface area contributed by atoms with Gasteiger partial charge >= 0.3 is 0 Å². The molecule has 2 heterocycles. The maximum atomic E-state index is 13.2. The molecule has 4 nitrogen and oxygen atoms in total. The van der Waals surface area contributed by atoms with E-state index < -0.39 is 0 Å². The van der Waals surface area contributed by atoms with Crippen LogP contribution in [0.2, 0.25) is 0 Å². The van der Waals surface area contributed by atoms with E-state index in [9.17, 15) is 9.18 Å². The highest BCUT2D eigenvalue weighted by Crippen LogP contribution is 2.24. The van der Waals surface area contributed by atoms with Gasteiger partial charge in [0.2, 0.25) is 0 Å². The van der Waals surface area contributed by atoms with Crippen molar-refractivity contribution in [2.45, 2.75) is 39.5 Å². The monoisotopic (exact) mass is 315 g/mol. The molecule has 0 N–H and O–H groups in total. The summed E-state index contributed by atoms with van der Waals surface area (Å²) in [4.78, 5) is 14.8. The van der Waals surface area contributed by atoms with E-state index in [2.05, 4.69) is 5.10 Å². The third-order valence-corrected chi connectivity index (χ3v) is 4.40. The fourth-order valence-corrected chi connectivity index (χ4v) is 3.20. The highest BCUT2D eigenvalue weighted by Gasteiger charge is 2.27. The molecule has 1 amide bonds. The number of halogens is 1. The van der Waals surface area contributed by atoms with E-state index in [4.69, 9.17) is 0 Å². The molecule has 122 valence electrons. The molecule has 23 heavy (non-hydrogen) atoms. The Morgan fingerprint density at radius 3 is 2.35 bits per heavy atom. The molecule has 0 spiro atoms. The fraction of sp³-hybridized carbons (Fsp3) is 0.444. The summed E-state index contributed by atoms with van der Waals surface area (Å²) < 4.78 is 15.0. The van der Waals surface area contributed by atoms with Crippen LogP contribution in [0, 0.1) is 5.82 Å². The lowest BCUT2D eigenvalue weighted by molar-refractivity contribution is 0.0790. The van der Waals surface area contributed by atoms with E-state index in [1.54, 1.807) is 16.8 Å². The predicted molar refractivity (Wildman–Crippen MR) is 87.4 cm³/mol. The average molecular weight is 315 g/mol. The van der Waals surface area contributed by atoms with Crippen molar-refractivity contribution in [3.63, 3.8) is 0 Å². The summed E-state index contributed by atoms with van der Waals surface area (Å²) in [7, 11) is 0. The van der Waals surface area contributed by atoms with Crippen LogP contribution in [0.25, 0.3) is 5.69 Å². The number of nitrogens with zero attached hydrogens (tertiary/aromatic N) is 3. The number of amides is 1. The van der Waals surface area contributed by atoms with Crippen LogP contribution in [-0.4, -0.2) is 33.7 Å². The van der Waals surface area contributed by atoms with Gasteiger partial charge in [-0.05, 0) is 49.9 Å². The molecule has 1 aromatic heterocycles. The SMILES string of the molecule is CCc1nn(-c2ccc(F)cc2)c(CC)c1C(=O)N1CCCC1. The second kappa shape index (κ2) is 6.52. The summed E-state index contributed by atoms with van der Waals surface area (Å²) in [6, 6.07) is 6.24. The van der Waals surface area contributed by atoms with Gasteiger partial charge in [-0.2, -0.15) is 5.10 Å². The Bertz CT molecular complexity index is 700. The molecule has 1 aromatic carbocycles. The summed E-state index contributed by atoms with van der Waals surface area (Å²) in [5, 5.41) is 4.64. The molecule has 1 aliphatic heterocycles. The van der Waals surface area contributed by atoms with Crippen molar-refractivity contribution in [2.75, 3.05) is 13.1 Å². The summed E-state index contributed by atoms with van der Waals surface area (Å²) in [6.45, 7) is 5.69. The number of hydrogen-bond donors (Lipinski definition) is 0. The zero-order chi connectivity index (χ0) is 16.4. The number of likely N-dealkylation sites (tertiary alicyclic amines) is 1. The number of aryl methyl sites for hydroxylation is 1. The Morgan fingerprint density at radius 2 is 1.78 bits per heavy atom. The summed E-state index contributed by atoms with van der Waals surface area (Å²) in [5.74, 6) is -0.187. The third kappa shape index (κ3) is 2.87. The van der Waals surface area contributed by atoms with Crippen molar-refractivity contribution in [1.29, 1.82) is 0 Å². The molecule has 0 atom stereocenters. The van der Waals surface area contributed by atoms with Crippen LogP contribution in [0.15, 0.2) is 24.3 Å². The van der Waals surface area contributed by atoms with Crippen LogP contribution in [0.1, 0.15) is 48.4 Å². The van der Waals surface area contributed by atoms with Gasteiger partial charge in [-0.15, -0.1) is 0 Å². The molecule has 0 bridgehead atoms. The number of aromatic nitrogens is 2. The van der Waals surface area contributed by atoms with Gasteiger partial charge in [-0.25, -0.2) is 9.07 Å². The quantitative estimate of drug-likeness (QED) is 0.867. The standard InChI is InChI=1S/C18H22FN3O/c1-3-15-17(18(23)21-11-5-6-12-21)16(4-2)22(20-15)14-9-7-13(19)8-10-14/h7-10H,3-6,11-12H2,1-2H3. The van der Waals surface area contributed by atoms with Crippen LogP contribution in [-0.2, 0) is 12.8 Å². The summed E-state index contributed by atoms with van der Waals surface area (Å²) >= 11 is 0. The number of rotatable bonds is 4. The van der Waals surface area contributed by atoms with Crippen LogP contribution in [0.4, 0.5) is 4.39 Å². The molecule has 1 saturated heterocycles. The molecular formula is C18H22FN3O. The zero-order valence-electron chi connectivity index (χ0n) is 13.7. The molecule has 5 heteroatoms. The van der Waals surface area contributed by atoms with Gasteiger partial charge in [0.05, 0.1) is 22.6 Å². The molecule has 1 aliphatic rings. The summed E-state index contributed by atoms with van der Waals surface area (Å²) in [5.41, 5.74) is 3.26. The van der Waals surface area contributed by atoms with Crippen LogP contribution >= 0.6 is 0 Å². The molecular weight excluding hydrogens is 293 g/mol. The highest BCUT2D eigenvalue weighted by molar-refractivity contribution is 5.97. The van der Waals surface area contributed by atoms with Crippen LogP contribution in [0.3, 0.4) is 0 Å². The normalized spacial score (nSPS) is 14.5. The first kappa shape index (κ1) is 15.7. The first-order valence-corrected chi connectivity index (χ1v) is 8.31. The highest BCUT2D eigenvalue weighted by atomic mass is 19.1. The minimum absolute atomic E-state index is 0.0876. The van der Waals surface area contributed by atoms with Gasteiger partial charge in [0.1, 0.15) is 5.82 Å². The van der Waals surface area contributed by atoms with Gasteiger partial charge in [0.25, 0.3) is 5.91 Å². The topological polar surface area (TPSA) is 38.1 Å². The van der Waals surface area contributed by atoms with Gasteiger partial charge < -0.3 is 4.90 Å². The Kier molecular flexibility index (Phi) is 4.46. The lowest BCUT2D eigenvalue weighted by atomic mass is 10.1. The Morgan fingerprint density at radius 1 is 1.13 bits per heavy atom. The minimum atomic E-state index is -0.275. The number of benzene rings is 1.